The van der Waals surface area contributed by atoms with Crippen LogP contribution in [0.15, 0.2) is 36.5 Å². The molecule has 1 fully saturated rings. The van der Waals surface area contributed by atoms with Crippen LogP contribution in [0.2, 0.25) is 0 Å². The smallest absolute Gasteiger partial charge is 0.256 e. The van der Waals surface area contributed by atoms with Crippen molar-refractivity contribution in [2.45, 2.75) is 6.42 Å². The van der Waals surface area contributed by atoms with Crippen LogP contribution >= 0.6 is 0 Å². The number of benzene rings is 1. The van der Waals surface area contributed by atoms with Crippen LogP contribution in [0, 0.1) is 0 Å². The molecule has 2 aromatic rings. The van der Waals surface area contributed by atoms with Gasteiger partial charge >= 0.3 is 0 Å². The van der Waals surface area contributed by atoms with E-state index in [0.29, 0.717) is 37.1 Å². The van der Waals surface area contributed by atoms with Crippen molar-refractivity contribution in [3.63, 3.8) is 0 Å². The Morgan fingerprint density at radius 1 is 1.20 bits per heavy atom. The van der Waals surface area contributed by atoms with Crippen LogP contribution in [0.1, 0.15) is 16.8 Å². The molecule has 0 radical (unpaired) electrons. The molecule has 1 aliphatic rings. The maximum atomic E-state index is 12.6. The zero-order valence-electron chi connectivity index (χ0n) is 11.0. The second-order valence-corrected chi connectivity index (χ2v) is 4.77. The number of hydrogen-bond donors (Lipinski definition) is 1. The quantitative estimate of drug-likeness (QED) is 0.846. The Hall–Kier alpha value is -2.43. The molecule has 20 heavy (non-hydrogen) atoms. The second-order valence-electron chi connectivity index (χ2n) is 4.77. The van der Waals surface area contributed by atoms with Crippen LogP contribution in [0.5, 0.6) is 0 Å². The first-order valence-electron chi connectivity index (χ1n) is 6.65. The van der Waals surface area contributed by atoms with Gasteiger partial charge in [0.1, 0.15) is 0 Å². The molecule has 102 valence electrons. The second kappa shape index (κ2) is 5.28. The molecule has 1 N–H and O–H groups in total. The van der Waals surface area contributed by atoms with Gasteiger partial charge in [-0.1, -0.05) is 18.2 Å². The Balaban J connectivity index is 1.94. The molecule has 1 aromatic heterocycles. The van der Waals surface area contributed by atoms with Gasteiger partial charge in [0, 0.05) is 37.6 Å². The maximum Gasteiger partial charge on any atom is 0.256 e. The molecule has 0 bridgehead atoms. The summed E-state index contributed by atoms with van der Waals surface area (Å²) in [5, 5.41) is 3.72. The van der Waals surface area contributed by atoms with E-state index in [-0.39, 0.29) is 11.8 Å². The molecular formula is C15H15N3O2. The molecule has 5 nitrogen and oxygen atoms in total. The van der Waals surface area contributed by atoms with Gasteiger partial charge < -0.3 is 10.2 Å². The van der Waals surface area contributed by atoms with Crippen molar-refractivity contribution >= 4 is 22.7 Å². The predicted octanol–water partition coefficient (Wildman–Crippen LogP) is 1.20. The van der Waals surface area contributed by atoms with E-state index in [4.69, 9.17) is 0 Å². The Morgan fingerprint density at radius 2 is 2.05 bits per heavy atom. The van der Waals surface area contributed by atoms with E-state index in [9.17, 15) is 9.59 Å². The van der Waals surface area contributed by atoms with Crippen LogP contribution in [0.3, 0.4) is 0 Å². The van der Waals surface area contributed by atoms with Crippen molar-refractivity contribution in [1.82, 2.24) is 15.2 Å². The molecule has 0 spiro atoms. The van der Waals surface area contributed by atoms with Gasteiger partial charge in [-0.05, 0) is 12.1 Å². The zero-order valence-corrected chi connectivity index (χ0v) is 11.0. The lowest BCUT2D eigenvalue weighted by atomic mass is 10.1. The zero-order chi connectivity index (χ0) is 13.9. The van der Waals surface area contributed by atoms with Crippen LogP contribution in [-0.4, -0.2) is 41.3 Å². The minimum Gasteiger partial charge on any atom is -0.354 e. The van der Waals surface area contributed by atoms with Crippen molar-refractivity contribution < 1.29 is 9.59 Å². The fourth-order valence-electron chi connectivity index (χ4n) is 2.42. The van der Waals surface area contributed by atoms with Gasteiger partial charge in [0.25, 0.3) is 5.91 Å². The average molecular weight is 269 g/mol. The molecule has 2 heterocycles. The monoisotopic (exact) mass is 269 g/mol. The largest absolute Gasteiger partial charge is 0.354 e. The third-order valence-corrected chi connectivity index (χ3v) is 3.46. The summed E-state index contributed by atoms with van der Waals surface area (Å²) in [7, 11) is 0. The van der Waals surface area contributed by atoms with E-state index in [1.807, 2.05) is 24.3 Å². The number of carbonyl (C=O) groups is 2. The third-order valence-electron chi connectivity index (χ3n) is 3.46. The molecule has 0 aliphatic carbocycles. The van der Waals surface area contributed by atoms with Crippen LogP contribution in [0.25, 0.3) is 10.9 Å². The molecule has 3 rings (SSSR count). The maximum absolute atomic E-state index is 12.6. The van der Waals surface area contributed by atoms with Crippen molar-refractivity contribution in [3.8, 4) is 0 Å². The number of para-hydroxylation sites is 1. The van der Waals surface area contributed by atoms with E-state index in [2.05, 4.69) is 10.3 Å². The number of rotatable bonds is 1. The van der Waals surface area contributed by atoms with Gasteiger partial charge in [0.2, 0.25) is 5.91 Å². The van der Waals surface area contributed by atoms with Crippen LogP contribution in [-0.2, 0) is 4.79 Å². The Bertz CT molecular complexity index is 664. The van der Waals surface area contributed by atoms with Crippen LogP contribution in [0.4, 0.5) is 0 Å². The number of nitrogens with one attached hydrogen (secondary N) is 1. The van der Waals surface area contributed by atoms with E-state index in [0.717, 1.165) is 5.39 Å². The Kier molecular flexibility index (Phi) is 3.33. The van der Waals surface area contributed by atoms with Gasteiger partial charge in [-0.25, -0.2) is 0 Å². The standard InChI is InChI=1S/C15H15N3O2/c19-13-6-9-18(10-8-16-13)15(20)12-5-1-3-11-4-2-7-17-14(11)12/h1-5,7H,6,8-10H2,(H,16,19). The molecule has 5 heteroatoms. The molecule has 0 unspecified atom stereocenters. The lowest BCUT2D eigenvalue weighted by Crippen LogP contribution is -2.34. The Morgan fingerprint density at radius 3 is 2.95 bits per heavy atom. The average Bonchev–Trinajstić information content (AvgIpc) is 2.71. The summed E-state index contributed by atoms with van der Waals surface area (Å²) in [6.07, 6.45) is 2.04. The van der Waals surface area contributed by atoms with Gasteiger partial charge in [0.15, 0.2) is 0 Å². The normalized spacial score (nSPS) is 15.8. The summed E-state index contributed by atoms with van der Waals surface area (Å²) >= 11 is 0. The first-order valence-corrected chi connectivity index (χ1v) is 6.65. The number of carbonyl (C=O) groups excluding carboxylic acids is 2. The summed E-state index contributed by atoms with van der Waals surface area (Å²) in [4.78, 5) is 30.0. The van der Waals surface area contributed by atoms with Gasteiger partial charge in [-0.15, -0.1) is 0 Å². The molecule has 0 saturated carbocycles. The van der Waals surface area contributed by atoms with Crippen molar-refractivity contribution in [3.05, 3.63) is 42.1 Å². The molecule has 1 aliphatic heterocycles. The highest BCUT2D eigenvalue weighted by Crippen LogP contribution is 2.18. The van der Waals surface area contributed by atoms with Gasteiger partial charge in [-0.2, -0.15) is 0 Å². The fourth-order valence-corrected chi connectivity index (χ4v) is 2.42. The molecule has 1 aromatic carbocycles. The summed E-state index contributed by atoms with van der Waals surface area (Å²) in [5.41, 5.74) is 1.31. The SMILES string of the molecule is O=C1CCN(C(=O)c2cccc3cccnc23)CCN1. The number of hydrogen-bond acceptors (Lipinski definition) is 3. The molecular weight excluding hydrogens is 254 g/mol. The lowest BCUT2D eigenvalue weighted by molar-refractivity contribution is -0.120. The highest BCUT2D eigenvalue weighted by molar-refractivity contribution is 6.05. The highest BCUT2D eigenvalue weighted by atomic mass is 16.2. The number of pyridine rings is 1. The number of aromatic nitrogens is 1. The minimum atomic E-state index is -0.0641. The van der Waals surface area contributed by atoms with Crippen molar-refractivity contribution in [2.24, 2.45) is 0 Å². The van der Waals surface area contributed by atoms with Crippen molar-refractivity contribution in [1.29, 1.82) is 0 Å². The predicted molar refractivity (Wildman–Crippen MR) is 75.3 cm³/mol. The third kappa shape index (κ3) is 2.34. The first kappa shape index (κ1) is 12.6. The topological polar surface area (TPSA) is 62.3 Å². The van der Waals surface area contributed by atoms with E-state index in [1.54, 1.807) is 17.2 Å². The molecule has 2 amide bonds. The minimum absolute atomic E-state index is 0.00338. The Labute approximate surface area is 116 Å². The molecule has 0 atom stereocenters. The number of amides is 2. The van der Waals surface area contributed by atoms with E-state index < -0.39 is 0 Å². The number of nitrogens with zero attached hydrogens (tertiary/aromatic N) is 2. The summed E-state index contributed by atoms with van der Waals surface area (Å²) in [6, 6.07) is 9.38. The first-order chi connectivity index (χ1) is 9.75. The summed E-state index contributed by atoms with van der Waals surface area (Å²) in [5.74, 6) is -0.0675. The lowest BCUT2D eigenvalue weighted by Gasteiger charge is -2.20. The summed E-state index contributed by atoms with van der Waals surface area (Å²) in [6.45, 7) is 1.49. The number of fused-ring (bicyclic) bond motifs is 1. The molecule has 1 saturated heterocycles. The van der Waals surface area contributed by atoms with Gasteiger partial charge in [0.05, 0.1) is 11.1 Å². The van der Waals surface area contributed by atoms with Crippen molar-refractivity contribution in [2.75, 3.05) is 19.6 Å². The van der Waals surface area contributed by atoms with Gasteiger partial charge in [-0.3, -0.25) is 14.6 Å². The van der Waals surface area contributed by atoms with E-state index >= 15 is 0 Å². The van der Waals surface area contributed by atoms with E-state index in [1.165, 1.54) is 0 Å². The fraction of sp³-hybridized carbons (Fsp3) is 0.267. The summed E-state index contributed by atoms with van der Waals surface area (Å²) < 4.78 is 0. The van der Waals surface area contributed by atoms with Crippen LogP contribution < -0.4 is 5.32 Å². The highest BCUT2D eigenvalue weighted by Gasteiger charge is 2.21.